The summed E-state index contributed by atoms with van der Waals surface area (Å²) >= 11 is 3.41. The zero-order valence-corrected chi connectivity index (χ0v) is 8.39. The van der Waals surface area contributed by atoms with Gasteiger partial charge < -0.3 is 10.5 Å². The molecule has 1 aromatic rings. The molecule has 1 atom stereocenters. The van der Waals surface area contributed by atoms with E-state index >= 15 is 0 Å². The smallest absolute Gasteiger partial charge is 0.124 e. The highest BCUT2D eigenvalue weighted by atomic mass is 79.9. The van der Waals surface area contributed by atoms with Gasteiger partial charge in [-0.05, 0) is 25.1 Å². The zero-order chi connectivity index (χ0) is 8.77. The minimum absolute atomic E-state index is 0.334. The molecule has 2 N–H and O–H groups in total. The minimum Gasteiger partial charge on any atom is -0.491 e. The van der Waals surface area contributed by atoms with E-state index in [2.05, 4.69) is 15.9 Å². The minimum atomic E-state index is -0.334. The van der Waals surface area contributed by atoms with Gasteiger partial charge in [-0.3, -0.25) is 0 Å². The van der Waals surface area contributed by atoms with Gasteiger partial charge in [-0.1, -0.05) is 15.9 Å². The van der Waals surface area contributed by atoms with Crippen LogP contribution in [0.4, 0.5) is 0 Å². The van der Waals surface area contributed by atoms with Gasteiger partial charge in [0.1, 0.15) is 12.4 Å². The summed E-state index contributed by atoms with van der Waals surface area (Å²) in [5, 5.41) is 0. The molecule has 0 aromatic heterocycles. The molecule has 1 aromatic carbocycles. The zero-order valence-electron chi connectivity index (χ0n) is 6.80. The molecule has 0 saturated heterocycles. The van der Waals surface area contributed by atoms with Crippen LogP contribution in [0.25, 0.3) is 0 Å². The number of hydrogen-bond acceptors (Lipinski definition) is 2. The first-order chi connectivity index (χ1) is 5.59. The van der Waals surface area contributed by atoms with E-state index in [0.717, 1.165) is 15.8 Å². The predicted molar refractivity (Wildman–Crippen MR) is 51.2 cm³/mol. The van der Waals surface area contributed by atoms with E-state index in [1.54, 1.807) is 0 Å². The van der Waals surface area contributed by atoms with E-state index in [1.165, 1.54) is 0 Å². The molecule has 1 aliphatic heterocycles. The Bertz CT molecular complexity index is 322. The Kier molecular flexibility index (Phi) is 1.66. The maximum absolute atomic E-state index is 6.01. The number of ether oxygens (including phenoxy) is 1. The van der Waals surface area contributed by atoms with E-state index in [0.29, 0.717) is 6.61 Å². The Balaban J connectivity index is 2.57. The van der Waals surface area contributed by atoms with Gasteiger partial charge >= 0.3 is 0 Å². The predicted octanol–water partition coefficient (Wildman–Crippen LogP) is 2.02. The second kappa shape index (κ2) is 2.47. The van der Waals surface area contributed by atoms with Gasteiger partial charge in [0.2, 0.25) is 0 Å². The SMILES string of the molecule is CC1(N)COc2ccc(Br)cc21. The summed E-state index contributed by atoms with van der Waals surface area (Å²) in [5.74, 6) is 0.906. The Morgan fingerprint density at radius 3 is 3.08 bits per heavy atom. The molecule has 1 unspecified atom stereocenters. The lowest BCUT2D eigenvalue weighted by Crippen LogP contribution is -2.34. The van der Waals surface area contributed by atoms with E-state index in [-0.39, 0.29) is 5.54 Å². The second-order valence-electron chi connectivity index (χ2n) is 3.35. The summed E-state index contributed by atoms with van der Waals surface area (Å²) in [6, 6.07) is 5.92. The number of nitrogens with two attached hydrogens (primary N) is 1. The summed E-state index contributed by atoms with van der Waals surface area (Å²) in [7, 11) is 0. The van der Waals surface area contributed by atoms with Crippen molar-refractivity contribution < 1.29 is 4.74 Å². The van der Waals surface area contributed by atoms with Crippen LogP contribution < -0.4 is 10.5 Å². The van der Waals surface area contributed by atoms with Gasteiger partial charge in [0.25, 0.3) is 0 Å². The van der Waals surface area contributed by atoms with Crippen LogP contribution in [-0.2, 0) is 5.54 Å². The third-order valence-corrected chi connectivity index (χ3v) is 2.58. The van der Waals surface area contributed by atoms with Crippen LogP contribution in [0, 0.1) is 0 Å². The van der Waals surface area contributed by atoms with Gasteiger partial charge in [-0.25, -0.2) is 0 Å². The Labute approximate surface area is 79.8 Å². The summed E-state index contributed by atoms with van der Waals surface area (Å²) < 4.78 is 6.47. The van der Waals surface area contributed by atoms with Crippen molar-refractivity contribution in [2.75, 3.05) is 6.61 Å². The number of halogens is 1. The molecule has 1 aliphatic rings. The molecular formula is C9H10BrNO. The fraction of sp³-hybridized carbons (Fsp3) is 0.333. The van der Waals surface area contributed by atoms with Crippen molar-refractivity contribution in [3.8, 4) is 5.75 Å². The fourth-order valence-electron chi connectivity index (χ4n) is 1.38. The summed E-state index contributed by atoms with van der Waals surface area (Å²) in [6.45, 7) is 2.55. The monoisotopic (exact) mass is 227 g/mol. The largest absolute Gasteiger partial charge is 0.491 e. The summed E-state index contributed by atoms with van der Waals surface area (Å²) in [4.78, 5) is 0. The molecule has 0 saturated carbocycles. The molecule has 0 aliphatic carbocycles. The van der Waals surface area contributed by atoms with Gasteiger partial charge in [-0.2, -0.15) is 0 Å². The standard InChI is InChI=1S/C9H10BrNO/c1-9(11)5-12-8-3-2-6(10)4-7(8)9/h2-4H,5,11H2,1H3. The Hall–Kier alpha value is -0.540. The molecule has 64 valence electrons. The molecular weight excluding hydrogens is 218 g/mol. The number of fused-ring (bicyclic) bond motifs is 1. The van der Waals surface area contributed by atoms with Gasteiger partial charge in [0, 0.05) is 10.0 Å². The van der Waals surface area contributed by atoms with Crippen molar-refractivity contribution in [1.82, 2.24) is 0 Å². The lowest BCUT2D eigenvalue weighted by molar-refractivity contribution is 0.283. The van der Waals surface area contributed by atoms with Gasteiger partial charge in [0.15, 0.2) is 0 Å². The summed E-state index contributed by atoms with van der Waals surface area (Å²) in [6.07, 6.45) is 0. The van der Waals surface area contributed by atoms with Crippen molar-refractivity contribution in [3.63, 3.8) is 0 Å². The van der Waals surface area contributed by atoms with Crippen LogP contribution in [0.5, 0.6) is 5.75 Å². The Morgan fingerprint density at radius 2 is 2.33 bits per heavy atom. The molecule has 12 heavy (non-hydrogen) atoms. The van der Waals surface area contributed by atoms with Crippen molar-refractivity contribution in [3.05, 3.63) is 28.2 Å². The lowest BCUT2D eigenvalue weighted by Gasteiger charge is -2.15. The number of benzene rings is 1. The molecule has 2 rings (SSSR count). The molecule has 0 radical (unpaired) electrons. The highest BCUT2D eigenvalue weighted by Crippen LogP contribution is 2.36. The number of hydrogen-bond donors (Lipinski definition) is 1. The van der Waals surface area contributed by atoms with Crippen molar-refractivity contribution >= 4 is 15.9 Å². The molecule has 0 fully saturated rings. The quantitative estimate of drug-likeness (QED) is 0.737. The normalized spacial score (nSPS) is 26.6. The van der Waals surface area contributed by atoms with Crippen LogP contribution in [-0.4, -0.2) is 6.61 Å². The van der Waals surface area contributed by atoms with Crippen LogP contribution in [0.1, 0.15) is 12.5 Å². The lowest BCUT2D eigenvalue weighted by atomic mass is 9.96. The average molecular weight is 228 g/mol. The molecule has 0 bridgehead atoms. The molecule has 3 heteroatoms. The maximum Gasteiger partial charge on any atom is 0.124 e. The van der Waals surface area contributed by atoms with Gasteiger partial charge in [0.05, 0.1) is 5.54 Å². The van der Waals surface area contributed by atoms with E-state index < -0.39 is 0 Å². The molecule has 0 amide bonds. The number of rotatable bonds is 0. The molecule has 2 nitrogen and oxygen atoms in total. The van der Waals surface area contributed by atoms with Crippen molar-refractivity contribution in [2.45, 2.75) is 12.5 Å². The third kappa shape index (κ3) is 1.13. The van der Waals surface area contributed by atoms with E-state index in [1.807, 2.05) is 25.1 Å². The van der Waals surface area contributed by atoms with Crippen LogP contribution in [0.2, 0.25) is 0 Å². The van der Waals surface area contributed by atoms with Crippen LogP contribution in [0.15, 0.2) is 22.7 Å². The van der Waals surface area contributed by atoms with Crippen molar-refractivity contribution in [2.24, 2.45) is 5.73 Å². The highest BCUT2D eigenvalue weighted by molar-refractivity contribution is 9.10. The van der Waals surface area contributed by atoms with Crippen LogP contribution in [0.3, 0.4) is 0 Å². The van der Waals surface area contributed by atoms with Crippen LogP contribution >= 0.6 is 15.9 Å². The average Bonchev–Trinajstić information content (AvgIpc) is 2.28. The molecule has 0 spiro atoms. The molecule has 1 heterocycles. The topological polar surface area (TPSA) is 35.2 Å². The van der Waals surface area contributed by atoms with E-state index in [9.17, 15) is 0 Å². The first kappa shape index (κ1) is 8.08. The summed E-state index contributed by atoms with van der Waals surface area (Å²) in [5.41, 5.74) is 6.76. The second-order valence-corrected chi connectivity index (χ2v) is 4.26. The van der Waals surface area contributed by atoms with Crippen molar-refractivity contribution in [1.29, 1.82) is 0 Å². The first-order valence-electron chi connectivity index (χ1n) is 3.81. The fourth-order valence-corrected chi connectivity index (χ4v) is 1.74. The van der Waals surface area contributed by atoms with E-state index in [4.69, 9.17) is 10.5 Å². The first-order valence-corrected chi connectivity index (χ1v) is 4.61. The maximum atomic E-state index is 6.01. The Morgan fingerprint density at radius 1 is 1.58 bits per heavy atom. The highest BCUT2D eigenvalue weighted by Gasteiger charge is 2.32. The third-order valence-electron chi connectivity index (χ3n) is 2.08. The van der Waals surface area contributed by atoms with Gasteiger partial charge in [-0.15, -0.1) is 0 Å².